The molecule has 5 nitrogen and oxygen atoms in total. The predicted molar refractivity (Wildman–Crippen MR) is 82.7 cm³/mol. The van der Waals surface area contributed by atoms with Crippen LogP contribution in [-0.4, -0.2) is 34.3 Å². The monoisotopic (exact) mass is 288 g/mol. The van der Waals surface area contributed by atoms with Crippen LogP contribution >= 0.6 is 0 Å². The van der Waals surface area contributed by atoms with E-state index in [2.05, 4.69) is 10.3 Å². The lowest BCUT2D eigenvalue weighted by Gasteiger charge is -2.10. The number of rotatable bonds is 8. The van der Waals surface area contributed by atoms with Crippen molar-refractivity contribution in [3.8, 4) is 0 Å². The van der Waals surface area contributed by atoms with E-state index in [1.54, 1.807) is 6.07 Å². The summed E-state index contributed by atoms with van der Waals surface area (Å²) in [5.74, 6) is -1.02. The Morgan fingerprint density at radius 1 is 1.14 bits per heavy atom. The van der Waals surface area contributed by atoms with Gasteiger partial charge >= 0.3 is 5.97 Å². The molecule has 0 fully saturated rings. The molecule has 1 heterocycles. The minimum Gasteiger partial charge on any atom is -0.477 e. The fraction of sp³-hybridized carbons (Fsp3) is 0.375. The van der Waals surface area contributed by atoms with Gasteiger partial charge in [0.2, 0.25) is 0 Å². The molecule has 5 heteroatoms. The summed E-state index contributed by atoms with van der Waals surface area (Å²) in [6, 6.07) is 9.09. The Kier molecular flexibility index (Phi) is 5.51. The molecule has 2 rings (SSSR count). The molecule has 0 aliphatic heterocycles. The van der Waals surface area contributed by atoms with E-state index in [1.807, 2.05) is 24.3 Å². The molecule has 0 bridgehead atoms. The maximum absolute atomic E-state index is 11.1. The number of aliphatic hydroxyl groups excluding tert-OH is 1. The number of aromatic carboxylic acids is 1. The number of carbonyl (C=O) groups is 1. The van der Waals surface area contributed by atoms with Crippen LogP contribution in [0.2, 0.25) is 0 Å². The van der Waals surface area contributed by atoms with Gasteiger partial charge in [-0.25, -0.2) is 9.78 Å². The van der Waals surface area contributed by atoms with Gasteiger partial charge in [0, 0.05) is 24.2 Å². The summed E-state index contributed by atoms with van der Waals surface area (Å²) in [7, 11) is 0. The van der Waals surface area contributed by atoms with Gasteiger partial charge in [-0.05, 0) is 25.0 Å². The van der Waals surface area contributed by atoms with E-state index < -0.39 is 5.97 Å². The number of unbranched alkanes of at least 4 members (excludes halogenated alkanes) is 3. The summed E-state index contributed by atoms with van der Waals surface area (Å²) in [6.07, 6.45) is 3.87. The molecule has 0 aliphatic rings. The van der Waals surface area contributed by atoms with Crippen LogP contribution in [0, 0.1) is 0 Å². The van der Waals surface area contributed by atoms with Crippen molar-refractivity contribution in [3.05, 3.63) is 36.0 Å². The topological polar surface area (TPSA) is 82.5 Å². The third-order valence-electron chi connectivity index (χ3n) is 3.34. The van der Waals surface area contributed by atoms with E-state index >= 15 is 0 Å². The van der Waals surface area contributed by atoms with Crippen LogP contribution in [0.25, 0.3) is 10.9 Å². The third-order valence-corrected chi connectivity index (χ3v) is 3.34. The number of aliphatic hydroxyl groups is 1. The zero-order chi connectivity index (χ0) is 15.1. The second kappa shape index (κ2) is 7.59. The largest absolute Gasteiger partial charge is 0.477 e. The number of aromatic nitrogens is 1. The van der Waals surface area contributed by atoms with Crippen LogP contribution in [0.1, 0.15) is 36.2 Å². The number of anilines is 1. The molecule has 112 valence electrons. The quantitative estimate of drug-likeness (QED) is 0.651. The van der Waals surface area contributed by atoms with E-state index in [0.717, 1.165) is 43.3 Å². The Morgan fingerprint density at radius 2 is 1.90 bits per heavy atom. The number of benzene rings is 1. The molecule has 3 N–H and O–H groups in total. The Labute approximate surface area is 123 Å². The minimum atomic E-state index is -1.02. The summed E-state index contributed by atoms with van der Waals surface area (Å²) in [4.78, 5) is 15.3. The van der Waals surface area contributed by atoms with Crippen LogP contribution in [-0.2, 0) is 0 Å². The molecular formula is C16H20N2O3. The molecule has 1 aromatic heterocycles. The lowest BCUT2D eigenvalue weighted by molar-refractivity contribution is 0.0691. The number of carboxylic acids is 1. The van der Waals surface area contributed by atoms with Crippen molar-refractivity contribution < 1.29 is 15.0 Å². The molecular weight excluding hydrogens is 268 g/mol. The Morgan fingerprint density at radius 3 is 2.67 bits per heavy atom. The molecule has 0 atom stereocenters. The minimum absolute atomic E-state index is 0.0523. The predicted octanol–water partition coefficient (Wildman–Crippen LogP) is 2.90. The van der Waals surface area contributed by atoms with Crippen LogP contribution < -0.4 is 5.32 Å². The zero-order valence-electron chi connectivity index (χ0n) is 11.9. The van der Waals surface area contributed by atoms with E-state index in [1.165, 1.54) is 0 Å². The first-order valence-electron chi connectivity index (χ1n) is 7.20. The van der Waals surface area contributed by atoms with E-state index in [9.17, 15) is 4.79 Å². The summed E-state index contributed by atoms with van der Waals surface area (Å²) in [5.41, 5.74) is 1.54. The molecule has 0 spiro atoms. The van der Waals surface area contributed by atoms with Crippen molar-refractivity contribution in [1.82, 2.24) is 4.98 Å². The zero-order valence-corrected chi connectivity index (χ0v) is 11.9. The summed E-state index contributed by atoms with van der Waals surface area (Å²) < 4.78 is 0. The second-order valence-electron chi connectivity index (χ2n) is 4.94. The summed E-state index contributed by atoms with van der Waals surface area (Å²) in [5, 5.41) is 22.1. The first-order chi connectivity index (χ1) is 10.2. The lowest BCUT2D eigenvalue weighted by Crippen LogP contribution is -2.06. The molecule has 1 aromatic carbocycles. The molecule has 0 unspecified atom stereocenters. The van der Waals surface area contributed by atoms with Crippen molar-refractivity contribution in [3.63, 3.8) is 0 Å². The first kappa shape index (κ1) is 15.3. The number of hydrogen-bond donors (Lipinski definition) is 3. The Bertz CT molecular complexity index is 613. The number of fused-ring (bicyclic) bond motifs is 1. The fourth-order valence-electron chi connectivity index (χ4n) is 2.24. The molecule has 0 aliphatic carbocycles. The van der Waals surface area contributed by atoms with Crippen molar-refractivity contribution in [2.75, 3.05) is 18.5 Å². The number of hydrogen-bond acceptors (Lipinski definition) is 4. The van der Waals surface area contributed by atoms with Gasteiger partial charge in [-0.15, -0.1) is 0 Å². The van der Waals surface area contributed by atoms with Crippen LogP contribution in [0.5, 0.6) is 0 Å². The van der Waals surface area contributed by atoms with Gasteiger partial charge in [0.15, 0.2) is 5.69 Å². The highest BCUT2D eigenvalue weighted by Gasteiger charge is 2.10. The SMILES string of the molecule is O=C(O)c1cc(NCCCCCCO)c2ccccc2n1. The smallest absolute Gasteiger partial charge is 0.354 e. The average Bonchev–Trinajstić information content (AvgIpc) is 2.50. The number of pyridine rings is 1. The van der Waals surface area contributed by atoms with E-state index in [4.69, 9.17) is 10.2 Å². The van der Waals surface area contributed by atoms with Crippen molar-refractivity contribution in [1.29, 1.82) is 0 Å². The first-order valence-corrected chi connectivity index (χ1v) is 7.20. The van der Waals surface area contributed by atoms with E-state index in [0.29, 0.717) is 5.52 Å². The van der Waals surface area contributed by atoms with Crippen molar-refractivity contribution in [2.24, 2.45) is 0 Å². The maximum Gasteiger partial charge on any atom is 0.354 e. The highest BCUT2D eigenvalue weighted by Crippen LogP contribution is 2.23. The van der Waals surface area contributed by atoms with Gasteiger partial charge in [-0.1, -0.05) is 31.0 Å². The summed E-state index contributed by atoms with van der Waals surface area (Å²) >= 11 is 0. The molecule has 0 saturated heterocycles. The van der Waals surface area contributed by atoms with Gasteiger partial charge in [0.25, 0.3) is 0 Å². The highest BCUT2D eigenvalue weighted by molar-refractivity contribution is 5.97. The Balaban J connectivity index is 2.08. The van der Waals surface area contributed by atoms with Crippen molar-refractivity contribution in [2.45, 2.75) is 25.7 Å². The molecule has 21 heavy (non-hydrogen) atoms. The summed E-state index contributed by atoms with van der Waals surface area (Å²) in [6.45, 7) is 1.02. The second-order valence-corrected chi connectivity index (χ2v) is 4.94. The fourth-order valence-corrected chi connectivity index (χ4v) is 2.24. The molecule has 2 aromatic rings. The van der Waals surface area contributed by atoms with Crippen molar-refractivity contribution >= 4 is 22.6 Å². The van der Waals surface area contributed by atoms with Crippen LogP contribution in [0.3, 0.4) is 0 Å². The normalized spacial score (nSPS) is 10.7. The van der Waals surface area contributed by atoms with Crippen LogP contribution in [0.15, 0.2) is 30.3 Å². The standard InChI is InChI=1S/C16H20N2O3/c19-10-6-2-1-5-9-17-14-11-15(16(20)21)18-13-8-4-3-7-12(13)14/h3-4,7-8,11,19H,1-2,5-6,9-10H2,(H,17,18)(H,20,21). The maximum atomic E-state index is 11.1. The third kappa shape index (κ3) is 4.16. The van der Waals surface area contributed by atoms with Gasteiger partial charge in [0.1, 0.15) is 0 Å². The van der Waals surface area contributed by atoms with Gasteiger partial charge < -0.3 is 15.5 Å². The number of para-hydroxylation sites is 1. The van der Waals surface area contributed by atoms with Gasteiger partial charge in [-0.2, -0.15) is 0 Å². The molecule has 0 amide bonds. The van der Waals surface area contributed by atoms with Crippen LogP contribution in [0.4, 0.5) is 5.69 Å². The lowest BCUT2D eigenvalue weighted by atomic mass is 10.1. The number of nitrogens with zero attached hydrogens (tertiary/aromatic N) is 1. The highest BCUT2D eigenvalue weighted by atomic mass is 16.4. The number of carboxylic acid groups (broad SMARTS) is 1. The molecule has 0 radical (unpaired) electrons. The van der Waals surface area contributed by atoms with E-state index in [-0.39, 0.29) is 12.3 Å². The average molecular weight is 288 g/mol. The Hall–Kier alpha value is -2.14. The molecule has 0 saturated carbocycles. The van der Waals surface area contributed by atoms with Gasteiger partial charge in [0.05, 0.1) is 5.52 Å². The number of nitrogens with one attached hydrogen (secondary N) is 1. The van der Waals surface area contributed by atoms with Gasteiger partial charge in [-0.3, -0.25) is 0 Å².